The Morgan fingerprint density at radius 3 is 2.10 bits per heavy atom. The Morgan fingerprint density at radius 1 is 0.783 bits per heavy atom. The van der Waals surface area contributed by atoms with Crippen LogP contribution in [0.2, 0.25) is 0 Å². The molecule has 2 saturated heterocycles. The highest BCUT2D eigenvalue weighted by atomic mass is 16.5. The van der Waals surface area contributed by atoms with Gasteiger partial charge in [0.15, 0.2) is 0 Å². The number of hydrogen-bond donors (Lipinski definition) is 2. The molecule has 3 fully saturated rings. The van der Waals surface area contributed by atoms with Crippen molar-refractivity contribution in [3.63, 3.8) is 0 Å². The number of carbonyl (C=O) groups excluding carboxylic acids is 4. The molecule has 6 atom stereocenters. The number of fused-ring (bicyclic) bond motifs is 4. The minimum Gasteiger partial charge on any atom is -0.508 e. The molecule has 0 unspecified atom stereocenters. The lowest BCUT2D eigenvalue weighted by Crippen LogP contribution is -2.53. The SMILES string of the molecule is COc1ccc(O)c([C@H]2C3=CC[C@@H]4C(=O)N(c5ccc(N=Nc6ccc(N(C)C)cc6)cc5)C(=O)[C@@H]4[C@@H]3C[C@H]3C(=O)N(Nc4ccc(C)cc4)C(=O)[C@@]23c2ccccc2)c1. The third-order valence-corrected chi connectivity index (χ3v) is 12.7. The number of phenols is 1. The number of ether oxygens (including phenoxy) is 1. The predicted octanol–water partition coefficient (Wildman–Crippen LogP) is 8.38. The number of benzene rings is 5. The van der Waals surface area contributed by atoms with Crippen LogP contribution in [0.1, 0.15) is 35.4 Å². The summed E-state index contributed by atoms with van der Waals surface area (Å²) in [6.07, 6.45) is 2.33. The summed E-state index contributed by atoms with van der Waals surface area (Å²) in [5.41, 5.74) is 7.57. The highest BCUT2D eigenvalue weighted by molar-refractivity contribution is 6.22. The Kier molecular flexibility index (Phi) is 9.57. The summed E-state index contributed by atoms with van der Waals surface area (Å²) in [4.78, 5) is 62.7. The molecule has 1 saturated carbocycles. The number of phenolic OH excluding ortho intramolecular Hbond substituents is 1. The van der Waals surface area contributed by atoms with Gasteiger partial charge >= 0.3 is 0 Å². The first-order valence-electron chi connectivity index (χ1n) is 20.0. The van der Waals surface area contributed by atoms with E-state index in [1.807, 2.05) is 111 Å². The van der Waals surface area contributed by atoms with Crippen molar-refractivity contribution in [1.29, 1.82) is 0 Å². The molecule has 4 amide bonds. The highest BCUT2D eigenvalue weighted by Gasteiger charge is 2.70. The van der Waals surface area contributed by atoms with E-state index in [1.165, 1.54) is 18.1 Å². The van der Waals surface area contributed by atoms with Crippen LogP contribution in [0.25, 0.3) is 0 Å². The fourth-order valence-corrected chi connectivity index (χ4v) is 9.84. The zero-order valence-electron chi connectivity index (χ0n) is 33.6. The van der Waals surface area contributed by atoms with Crippen molar-refractivity contribution in [3.8, 4) is 11.5 Å². The molecule has 0 aromatic heterocycles. The van der Waals surface area contributed by atoms with Crippen LogP contribution >= 0.6 is 0 Å². The first-order chi connectivity index (χ1) is 29.0. The number of carbonyl (C=O) groups is 4. The van der Waals surface area contributed by atoms with E-state index in [-0.39, 0.29) is 30.4 Å². The van der Waals surface area contributed by atoms with Crippen molar-refractivity contribution in [2.75, 3.05) is 36.4 Å². The Labute approximate surface area is 347 Å². The zero-order valence-corrected chi connectivity index (χ0v) is 33.6. The average Bonchev–Trinajstić information content (AvgIpc) is 3.65. The maximum atomic E-state index is 15.4. The topological polar surface area (TPSA) is 144 Å². The molecule has 2 aliphatic carbocycles. The molecule has 60 heavy (non-hydrogen) atoms. The molecule has 12 heteroatoms. The van der Waals surface area contributed by atoms with Gasteiger partial charge in [0.05, 0.1) is 53.0 Å². The number of hydrazine groups is 1. The second-order valence-corrected chi connectivity index (χ2v) is 16.2. The van der Waals surface area contributed by atoms with E-state index in [9.17, 15) is 19.5 Å². The van der Waals surface area contributed by atoms with E-state index >= 15 is 4.79 Å². The van der Waals surface area contributed by atoms with Gasteiger partial charge in [-0.3, -0.25) is 29.5 Å². The number of allylic oxidation sites excluding steroid dienone is 2. The van der Waals surface area contributed by atoms with Crippen molar-refractivity contribution in [1.82, 2.24) is 5.01 Å². The van der Waals surface area contributed by atoms with E-state index in [2.05, 4.69) is 15.7 Å². The fourth-order valence-electron chi connectivity index (χ4n) is 9.84. The van der Waals surface area contributed by atoms with Crippen LogP contribution in [0.4, 0.5) is 28.4 Å². The summed E-state index contributed by atoms with van der Waals surface area (Å²) >= 11 is 0. The van der Waals surface area contributed by atoms with Crippen LogP contribution in [-0.4, -0.2) is 54.9 Å². The van der Waals surface area contributed by atoms with Crippen molar-refractivity contribution >= 4 is 52.1 Å². The first kappa shape index (κ1) is 38.4. The molecular formula is C48H44N6O6. The van der Waals surface area contributed by atoms with E-state index in [4.69, 9.17) is 4.74 Å². The number of nitrogens with one attached hydrogen (secondary N) is 1. The molecular weight excluding hydrogens is 757 g/mol. The van der Waals surface area contributed by atoms with Crippen molar-refractivity contribution < 1.29 is 29.0 Å². The number of rotatable bonds is 9. The number of nitrogens with zero attached hydrogens (tertiary/aromatic N) is 5. The molecule has 5 aromatic rings. The average molecular weight is 801 g/mol. The van der Waals surface area contributed by atoms with Gasteiger partial charge in [-0.15, -0.1) is 0 Å². The van der Waals surface area contributed by atoms with E-state index < -0.39 is 46.8 Å². The number of aromatic hydroxyl groups is 1. The second kappa shape index (κ2) is 14.9. The maximum absolute atomic E-state index is 15.4. The Morgan fingerprint density at radius 2 is 1.45 bits per heavy atom. The standard InChI is InChI=1S/C48H44N6O6/c1-28-10-12-32(13-11-28)51-54-45(57)40-27-38-36(43(39-26-35(60-4)22-25-41(39)55)48(40,47(54)59)29-8-6-5-7-9-29)23-24-37-42(38)46(58)53(44(37)56)34-20-16-31(17-21-34)50-49-30-14-18-33(19-15-30)52(2)3/h5-23,25-26,37-38,40,42-43,51,55H,24,27H2,1-4H3/t37-,38+,40-,42-,43+,48+/m0/s1. The molecule has 4 aliphatic rings. The smallest absolute Gasteiger partial charge is 0.260 e. The highest BCUT2D eigenvalue weighted by Crippen LogP contribution is 2.65. The number of methoxy groups -OCH3 is 1. The van der Waals surface area contributed by atoms with E-state index in [0.717, 1.165) is 21.8 Å². The molecule has 12 nitrogen and oxygen atoms in total. The lowest BCUT2D eigenvalue weighted by molar-refractivity contribution is -0.138. The third kappa shape index (κ3) is 6.13. The summed E-state index contributed by atoms with van der Waals surface area (Å²) in [6.45, 7) is 1.95. The molecule has 2 heterocycles. The van der Waals surface area contributed by atoms with Gasteiger partial charge in [-0.05, 0) is 110 Å². The normalized spacial score (nSPS) is 24.6. The van der Waals surface area contributed by atoms with Gasteiger partial charge in [-0.25, -0.2) is 0 Å². The fraction of sp³-hybridized carbons (Fsp3) is 0.250. The summed E-state index contributed by atoms with van der Waals surface area (Å²) in [7, 11) is 5.45. The van der Waals surface area contributed by atoms with Gasteiger partial charge in [-0.1, -0.05) is 59.7 Å². The van der Waals surface area contributed by atoms with Crippen LogP contribution in [0.5, 0.6) is 11.5 Å². The molecule has 2 aliphatic heterocycles. The second-order valence-electron chi connectivity index (χ2n) is 16.2. The lowest BCUT2D eigenvalue weighted by atomic mass is 9.49. The Bertz CT molecular complexity index is 2570. The van der Waals surface area contributed by atoms with Crippen LogP contribution in [0, 0.1) is 30.6 Å². The zero-order chi connectivity index (χ0) is 41.9. The van der Waals surface area contributed by atoms with Crippen molar-refractivity contribution in [3.05, 3.63) is 150 Å². The third-order valence-electron chi connectivity index (χ3n) is 12.7. The van der Waals surface area contributed by atoms with E-state index in [1.54, 1.807) is 36.4 Å². The number of aryl methyl sites for hydroxylation is 1. The number of azo groups is 1. The van der Waals surface area contributed by atoms with E-state index in [0.29, 0.717) is 39.6 Å². The van der Waals surface area contributed by atoms with Gasteiger partial charge in [0.2, 0.25) is 11.8 Å². The molecule has 5 aromatic carbocycles. The van der Waals surface area contributed by atoms with Crippen LogP contribution < -0.4 is 20.0 Å². The number of amides is 4. The molecule has 0 spiro atoms. The van der Waals surface area contributed by atoms with Gasteiger partial charge in [0.25, 0.3) is 11.8 Å². The molecule has 0 bridgehead atoms. The number of imide groups is 2. The Hall–Kier alpha value is -7.08. The monoisotopic (exact) mass is 800 g/mol. The number of hydrogen-bond acceptors (Lipinski definition) is 10. The summed E-state index contributed by atoms with van der Waals surface area (Å²) in [5, 5.41) is 21.5. The van der Waals surface area contributed by atoms with Gasteiger partial charge in [0, 0.05) is 31.3 Å². The minimum atomic E-state index is -1.53. The van der Waals surface area contributed by atoms with Crippen molar-refractivity contribution in [2.24, 2.45) is 33.9 Å². The van der Waals surface area contributed by atoms with Crippen LogP contribution in [0.3, 0.4) is 0 Å². The predicted molar refractivity (Wildman–Crippen MR) is 227 cm³/mol. The summed E-state index contributed by atoms with van der Waals surface area (Å²) in [6, 6.07) is 36.0. The molecule has 302 valence electrons. The summed E-state index contributed by atoms with van der Waals surface area (Å²) < 4.78 is 5.64. The number of anilines is 3. The summed E-state index contributed by atoms with van der Waals surface area (Å²) in [5.74, 6) is -5.23. The molecule has 9 rings (SSSR count). The Balaban J connectivity index is 1.11. The largest absolute Gasteiger partial charge is 0.508 e. The van der Waals surface area contributed by atoms with Gasteiger partial charge < -0.3 is 14.7 Å². The van der Waals surface area contributed by atoms with Gasteiger partial charge in [0.1, 0.15) is 11.5 Å². The lowest BCUT2D eigenvalue weighted by Gasteiger charge is -2.50. The quantitative estimate of drug-likeness (QED) is 0.0860. The molecule has 2 N–H and O–H groups in total. The first-order valence-corrected chi connectivity index (χ1v) is 20.0. The molecule has 0 radical (unpaired) electrons. The van der Waals surface area contributed by atoms with Gasteiger partial charge in [-0.2, -0.15) is 15.2 Å². The minimum absolute atomic E-state index is 0.0815. The maximum Gasteiger partial charge on any atom is 0.260 e. The van der Waals surface area contributed by atoms with Crippen LogP contribution in [-0.2, 0) is 24.6 Å². The van der Waals surface area contributed by atoms with Crippen molar-refractivity contribution in [2.45, 2.75) is 31.1 Å². The van der Waals surface area contributed by atoms with Crippen LogP contribution in [0.15, 0.2) is 143 Å².